The summed E-state index contributed by atoms with van der Waals surface area (Å²) in [5.74, 6) is 2.08. The van der Waals surface area contributed by atoms with Crippen molar-refractivity contribution < 1.29 is 4.74 Å². The average Bonchev–Trinajstić information content (AvgIpc) is 2.54. The third kappa shape index (κ3) is 3.76. The largest absolute Gasteiger partial charge is 0.478 e. The van der Waals surface area contributed by atoms with E-state index in [9.17, 15) is 0 Å². The molecule has 0 atom stereocenters. The second kappa shape index (κ2) is 6.91. The van der Waals surface area contributed by atoms with Crippen LogP contribution in [0.25, 0.3) is 10.9 Å². The van der Waals surface area contributed by atoms with Crippen LogP contribution in [-0.4, -0.2) is 21.6 Å². The van der Waals surface area contributed by atoms with Gasteiger partial charge in [-0.05, 0) is 31.5 Å². The molecule has 0 aliphatic heterocycles. The molecule has 2 aromatic heterocycles. The van der Waals surface area contributed by atoms with Gasteiger partial charge < -0.3 is 10.1 Å². The molecule has 23 heavy (non-hydrogen) atoms. The van der Waals surface area contributed by atoms with Crippen molar-refractivity contribution in [1.29, 1.82) is 0 Å². The number of fused-ring (bicyclic) bond motifs is 1. The van der Waals surface area contributed by atoms with E-state index in [2.05, 4.69) is 48.3 Å². The summed E-state index contributed by atoms with van der Waals surface area (Å²) >= 11 is 3.44. The molecule has 0 fully saturated rings. The van der Waals surface area contributed by atoms with E-state index in [4.69, 9.17) is 4.74 Å². The van der Waals surface area contributed by atoms with Crippen LogP contribution in [0.5, 0.6) is 5.88 Å². The summed E-state index contributed by atoms with van der Waals surface area (Å²) in [7, 11) is 0. The Bertz CT molecular complexity index is 821. The molecule has 0 unspecified atom stereocenters. The van der Waals surface area contributed by atoms with Crippen molar-refractivity contribution in [3.63, 3.8) is 0 Å². The van der Waals surface area contributed by atoms with E-state index in [-0.39, 0.29) is 0 Å². The van der Waals surface area contributed by atoms with E-state index >= 15 is 0 Å². The van der Waals surface area contributed by atoms with Crippen LogP contribution in [-0.2, 0) is 6.54 Å². The molecule has 1 N–H and O–H groups in total. The Balaban J connectivity index is 1.91. The zero-order chi connectivity index (χ0) is 16.2. The summed E-state index contributed by atoms with van der Waals surface area (Å²) in [5, 5.41) is 4.29. The number of aromatic nitrogens is 3. The number of rotatable bonds is 5. The lowest BCUT2D eigenvalue weighted by Crippen LogP contribution is -2.05. The predicted octanol–water partition coefficient (Wildman–Crippen LogP) is 4.11. The standard InChI is InChI=1S/C17H17BrN4O/c1-3-23-16-8-14-15(10-19-16)21-11(2)22-17(14)20-9-12-4-6-13(18)7-5-12/h4-8,10H,3,9H2,1-2H3,(H,20,21,22). The van der Waals surface area contributed by atoms with Gasteiger partial charge in [-0.2, -0.15) is 0 Å². The first-order valence-corrected chi connectivity index (χ1v) is 8.20. The maximum atomic E-state index is 5.48. The lowest BCUT2D eigenvalue weighted by Gasteiger charge is -2.11. The maximum absolute atomic E-state index is 5.48. The van der Waals surface area contributed by atoms with Crippen LogP contribution in [0.1, 0.15) is 18.3 Å². The van der Waals surface area contributed by atoms with Gasteiger partial charge in [0.1, 0.15) is 11.6 Å². The van der Waals surface area contributed by atoms with Crippen LogP contribution in [0.2, 0.25) is 0 Å². The molecule has 0 aliphatic rings. The van der Waals surface area contributed by atoms with Gasteiger partial charge in [0, 0.05) is 22.5 Å². The number of anilines is 1. The summed E-state index contributed by atoms with van der Waals surface area (Å²) in [4.78, 5) is 13.2. The zero-order valence-corrected chi connectivity index (χ0v) is 14.6. The molecule has 0 radical (unpaired) electrons. The molecule has 0 saturated heterocycles. The van der Waals surface area contributed by atoms with Crippen molar-refractivity contribution in [1.82, 2.24) is 15.0 Å². The molecule has 6 heteroatoms. The van der Waals surface area contributed by atoms with Gasteiger partial charge >= 0.3 is 0 Å². The van der Waals surface area contributed by atoms with Gasteiger partial charge in [0.15, 0.2) is 0 Å². The summed E-state index contributed by atoms with van der Waals surface area (Å²) in [6, 6.07) is 10.1. The lowest BCUT2D eigenvalue weighted by atomic mass is 10.2. The number of hydrogen-bond acceptors (Lipinski definition) is 5. The monoisotopic (exact) mass is 372 g/mol. The summed E-state index contributed by atoms with van der Waals surface area (Å²) < 4.78 is 6.54. The third-order valence-corrected chi connectivity index (χ3v) is 3.86. The molecule has 118 valence electrons. The highest BCUT2D eigenvalue weighted by atomic mass is 79.9. The summed E-state index contributed by atoms with van der Waals surface area (Å²) in [6.07, 6.45) is 1.72. The van der Waals surface area contributed by atoms with Gasteiger partial charge in [0.25, 0.3) is 0 Å². The Morgan fingerprint density at radius 3 is 2.70 bits per heavy atom. The molecular weight excluding hydrogens is 356 g/mol. The van der Waals surface area contributed by atoms with Crippen LogP contribution < -0.4 is 10.1 Å². The van der Waals surface area contributed by atoms with Crippen molar-refractivity contribution in [3.05, 3.63) is 52.4 Å². The molecule has 0 aliphatic carbocycles. The number of ether oxygens (including phenoxy) is 1. The Morgan fingerprint density at radius 2 is 1.96 bits per heavy atom. The van der Waals surface area contributed by atoms with Gasteiger partial charge in [0.05, 0.1) is 18.3 Å². The van der Waals surface area contributed by atoms with Crippen molar-refractivity contribution >= 4 is 32.7 Å². The van der Waals surface area contributed by atoms with E-state index in [1.54, 1.807) is 6.20 Å². The number of nitrogens with one attached hydrogen (secondary N) is 1. The Kier molecular flexibility index (Phi) is 4.71. The number of aryl methyl sites for hydroxylation is 1. The Labute approximate surface area is 143 Å². The Morgan fingerprint density at radius 1 is 1.17 bits per heavy atom. The smallest absolute Gasteiger partial charge is 0.214 e. The quantitative estimate of drug-likeness (QED) is 0.730. The zero-order valence-electron chi connectivity index (χ0n) is 13.0. The normalized spacial score (nSPS) is 10.7. The Hall–Kier alpha value is -2.21. The second-order valence-electron chi connectivity index (χ2n) is 5.07. The third-order valence-electron chi connectivity index (χ3n) is 3.33. The van der Waals surface area contributed by atoms with E-state index < -0.39 is 0 Å². The molecule has 5 nitrogen and oxygen atoms in total. The van der Waals surface area contributed by atoms with Crippen LogP contribution in [0.15, 0.2) is 41.0 Å². The second-order valence-corrected chi connectivity index (χ2v) is 5.99. The van der Waals surface area contributed by atoms with Gasteiger partial charge in [-0.15, -0.1) is 0 Å². The van der Waals surface area contributed by atoms with Gasteiger partial charge in [0.2, 0.25) is 5.88 Å². The van der Waals surface area contributed by atoms with Crippen molar-refractivity contribution in [2.45, 2.75) is 20.4 Å². The number of benzene rings is 1. The highest BCUT2D eigenvalue weighted by Gasteiger charge is 2.08. The van der Waals surface area contributed by atoms with Gasteiger partial charge in [-0.25, -0.2) is 15.0 Å². The summed E-state index contributed by atoms with van der Waals surface area (Å²) in [5.41, 5.74) is 1.98. The summed E-state index contributed by atoms with van der Waals surface area (Å²) in [6.45, 7) is 5.07. The first kappa shape index (κ1) is 15.7. The first-order valence-electron chi connectivity index (χ1n) is 7.41. The maximum Gasteiger partial charge on any atom is 0.214 e. The highest BCUT2D eigenvalue weighted by Crippen LogP contribution is 2.24. The molecular formula is C17H17BrN4O. The molecule has 2 heterocycles. The fraction of sp³-hybridized carbons (Fsp3) is 0.235. The molecule has 0 amide bonds. The lowest BCUT2D eigenvalue weighted by molar-refractivity contribution is 0.327. The fourth-order valence-electron chi connectivity index (χ4n) is 2.28. The highest BCUT2D eigenvalue weighted by molar-refractivity contribution is 9.10. The SMILES string of the molecule is CCOc1cc2c(NCc3ccc(Br)cc3)nc(C)nc2cn1. The van der Waals surface area contributed by atoms with Crippen molar-refractivity contribution in [2.75, 3.05) is 11.9 Å². The molecule has 3 rings (SSSR count). The van der Waals surface area contributed by atoms with Crippen LogP contribution in [0.3, 0.4) is 0 Å². The molecule has 0 spiro atoms. The van der Waals surface area contributed by atoms with E-state index in [0.29, 0.717) is 24.9 Å². The van der Waals surface area contributed by atoms with Crippen molar-refractivity contribution in [3.8, 4) is 5.88 Å². The van der Waals surface area contributed by atoms with Gasteiger partial charge in [-0.3, -0.25) is 0 Å². The minimum absolute atomic E-state index is 0.576. The van der Waals surface area contributed by atoms with Gasteiger partial charge in [-0.1, -0.05) is 28.1 Å². The molecule has 0 saturated carbocycles. The number of nitrogens with zero attached hydrogens (tertiary/aromatic N) is 3. The first-order chi connectivity index (χ1) is 11.2. The molecule has 1 aromatic carbocycles. The van der Waals surface area contributed by atoms with E-state index in [0.717, 1.165) is 21.2 Å². The van der Waals surface area contributed by atoms with Crippen molar-refractivity contribution in [2.24, 2.45) is 0 Å². The van der Waals surface area contributed by atoms with Crippen LogP contribution in [0, 0.1) is 6.92 Å². The minimum Gasteiger partial charge on any atom is -0.478 e. The topological polar surface area (TPSA) is 59.9 Å². The number of halogens is 1. The average molecular weight is 373 g/mol. The number of hydrogen-bond donors (Lipinski definition) is 1. The fourth-order valence-corrected chi connectivity index (χ4v) is 2.54. The predicted molar refractivity (Wildman–Crippen MR) is 94.7 cm³/mol. The molecule has 0 bridgehead atoms. The van der Waals surface area contributed by atoms with Crippen LogP contribution >= 0.6 is 15.9 Å². The van der Waals surface area contributed by atoms with Crippen LogP contribution in [0.4, 0.5) is 5.82 Å². The molecule has 3 aromatic rings. The van der Waals surface area contributed by atoms with E-state index in [1.165, 1.54) is 5.56 Å². The minimum atomic E-state index is 0.576. The van der Waals surface area contributed by atoms with E-state index in [1.807, 2.05) is 32.0 Å². The number of pyridine rings is 1.